The van der Waals surface area contributed by atoms with E-state index < -0.39 is 0 Å². The molecule has 0 bridgehead atoms. The molecule has 0 aromatic carbocycles. The minimum Gasteiger partial charge on any atom is -0.388 e. The fourth-order valence-corrected chi connectivity index (χ4v) is 1.66. The van der Waals surface area contributed by atoms with Crippen LogP contribution in [-0.4, -0.2) is 11.2 Å². The molecule has 2 aliphatic carbocycles. The van der Waals surface area contributed by atoms with Crippen LogP contribution in [0.25, 0.3) is 0 Å². The molecule has 0 amide bonds. The van der Waals surface area contributed by atoms with Crippen LogP contribution in [0.2, 0.25) is 0 Å². The van der Waals surface area contributed by atoms with Crippen LogP contribution >= 0.6 is 0 Å². The highest BCUT2D eigenvalue weighted by atomic mass is 16.3. The molecule has 0 saturated carbocycles. The molecule has 2 rings (SSSR count). The van der Waals surface area contributed by atoms with E-state index in [0.717, 1.165) is 24.8 Å². The molecule has 0 aromatic heterocycles. The molecule has 11 heavy (non-hydrogen) atoms. The lowest BCUT2D eigenvalue weighted by atomic mass is 9.88. The van der Waals surface area contributed by atoms with Crippen molar-refractivity contribution in [1.29, 1.82) is 0 Å². The molecule has 58 valence electrons. The Morgan fingerprint density at radius 3 is 2.91 bits per heavy atom. The molecule has 2 aliphatic rings. The van der Waals surface area contributed by atoms with Crippen LogP contribution in [0.5, 0.6) is 0 Å². The Kier molecular flexibility index (Phi) is 1.66. The van der Waals surface area contributed by atoms with Crippen LogP contribution in [0.1, 0.15) is 19.3 Å². The van der Waals surface area contributed by atoms with Crippen molar-refractivity contribution in [3.63, 3.8) is 0 Å². The SMILES string of the molecule is OC1CC=CC2=CCCC=C21. The van der Waals surface area contributed by atoms with Crippen molar-refractivity contribution in [2.75, 3.05) is 0 Å². The molecular formula is C10H12O. The number of fused-ring (bicyclic) bond motifs is 1. The van der Waals surface area contributed by atoms with Crippen molar-refractivity contribution in [3.8, 4) is 0 Å². The summed E-state index contributed by atoms with van der Waals surface area (Å²) in [4.78, 5) is 0. The third-order valence-corrected chi connectivity index (χ3v) is 2.24. The second kappa shape index (κ2) is 2.67. The van der Waals surface area contributed by atoms with E-state index in [2.05, 4.69) is 18.2 Å². The molecule has 0 heterocycles. The van der Waals surface area contributed by atoms with Gasteiger partial charge in [-0.3, -0.25) is 0 Å². The molecule has 0 saturated heterocycles. The lowest BCUT2D eigenvalue weighted by molar-refractivity contribution is 0.214. The molecule has 1 N–H and O–H groups in total. The molecule has 0 radical (unpaired) electrons. The molecule has 1 unspecified atom stereocenters. The molecule has 1 nitrogen and oxygen atoms in total. The van der Waals surface area contributed by atoms with Gasteiger partial charge in [0.05, 0.1) is 6.10 Å². The van der Waals surface area contributed by atoms with Crippen molar-refractivity contribution in [3.05, 3.63) is 35.5 Å². The highest BCUT2D eigenvalue weighted by Gasteiger charge is 2.17. The molecule has 0 fully saturated rings. The maximum Gasteiger partial charge on any atom is 0.0827 e. The van der Waals surface area contributed by atoms with E-state index in [-0.39, 0.29) is 6.10 Å². The molecule has 1 atom stereocenters. The standard InChI is InChI=1S/C10H12O/c11-10-7-3-5-8-4-1-2-6-9(8)10/h3-6,10-11H,1-2,7H2. The molecule has 1 heteroatoms. The van der Waals surface area contributed by atoms with Crippen molar-refractivity contribution >= 4 is 0 Å². The Labute approximate surface area is 66.7 Å². The zero-order valence-corrected chi connectivity index (χ0v) is 6.46. The van der Waals surface area contributed by atoms with Crippen LogP contribution in [-0.2, 0) is 0 Å². The first-order valence-corrected chi connectivity index (χ1v) is 4.13. The fourth-order valence-electron chi connectivity index (χ4n) is 1.66. The number of aliphatic hydroxyl groups is 1. The Morgan fingerprint density at radius 1 is 1.27 bits per heavy atom. The maximum atomic E-state index is 9.54. The third kappa shape index (κ3) is 1.16. The highest BCUT2D eigenvalue weighted by molar-refractivity contribution is 5.46. The number of hydrogen-bond acceptors (Lipinski definition) is 1. The average molecular weight is 148 g/mol. The number of hydrogen-bond donors (Lipinski definition) is 1. The number of rotatable bonds is 0. The maximum absolute atomic E-state index is 9.54. The number of aliphatic hydroxyl groups excluding tert-OH is 1. The van der Waals surface area contributed by atoms with Gasteiger partial charge in [-0.25, -0.2) is 0 Å². The van der Waals surface area contributed by atoms with Gasteiger partial charge in [0.2, 0.25) is 0 Å². The first-order chi connectivity index (χ1) is 5.38. The predicted octanol–water partition coefficient (Wildman–Crippen LogP) is 1.95. The van der Waals surface area contributed by atoms with Crippen LogP contribution in [0.4, 0.5) is 0 Å². The minimum absolute atomic E-state index is 0.244. The summed E-state index contributed by atoms with van der Waals surface area (Å²) in [6.45, 7) is 0. The van der Waals surface area contributed by atoms with Gasteiger partial charge in [0.15, 0.2) is 0 Å². The lowest BCUT2D eigenvalue weighted by Crippen LogP contribution is -2.15. The zero-order chi connectivity index (χ0) is 7.68. The van der Waals surface area contributed by atoms with E-state index in [1.54, 1.807) is 0 Å². The summed E-state index contributed by atoms with van der Waals surface area (Å²) in [6.07, 6.45) is 11.3. The first kappa shape index (κ1) is 6.86. The van der Waals surface area contributed by atoms with Crippen LogP contribution in [0.3, 0.4) is 0 Å². The van der Waals surface area contributed by atoms with E-state index in [1.165, 1.54) is 5.57 Å². The summed E-state index contributed by atoms with van der Waals surface area (Å²) in [5, 5.41) is 9.54. The predicted molar refractivity (Wildman–Crippen MR) is 45.2 cm³/mol. The minimum atomic E-state index is -0.244. The molecule has 0 spiro atoms. The lowest BCUT2D eigenvalue weighted by Gasteiger charge is -2.21. The Bertz CT molecular complexity index is 246. The fraction of sp³-hybridized carbons (Fsp3) is 0.400. The monoisotopic (exact) mass is 148 g/mol. The van der Waals surface area contributed by atoms with Gasteiger partial charge in [-0.1, -0.05) is 24.3 Å². The zero-order valence-electron chi connectivity index (χ0n) is 6.46. The second-order valence-electron chi connectivity index (χ2n) is 3.05. The van der Waals surface area contributed by atoms with Gasteiger partial charge in [0.25, 0.3) is 0 Å². The van der Waals surface area contributed by atoms with Crippen LogP contribution in [0, 0.1) is 0 Å². The smallest absolute Gasteiger partial charge is 0.0827 e. The molecular weight excluding hydrogens is 136 g/mol. The van der Waals surface area contributed by atoms with Gasteiger partial charge in [0, 0.05) is 0 Å². The van der Waals surface area contributed by atoms with Gasteiger partial charge in [0.1, 0.15) is 0 Å². The topological polar surface area (TPSA) is 20.2 Å². The molecule has 0 aromatic rings. The van der Waals surface area contributed by atoms with Crippen molar-refractivity contribution in [2.45, 2.75) is 25.4 Å². The summed E-state index contributed by atoms with van der Waals surface area (Å²) in [5.74, 6) is 0. The third-order valence-electron chi connectivity index (χ3n) is 2.24. The summed E-state index contributed by atoms with van der Waals surface area (Å²) >= 11 is 0. The van der Waals surface area contributed by atoms with E-state index in [9.17, 15) is 5.11 Å². The number of allylic oxidation sites excluding steroid dienone is 3. The van der Waals surface area contributed by atoms with Crippen LogP contribution < -0.4 is 0 Å². The summed E-state index contributed by atoms with van der Waals surface area (Å²) in [6, 6.07) is 0. The summed E-state index contributed by atoms with van der Waals surface area (Å²) in [7, 11) is 0. The van der Waals surface area contributed by atoms with E-state index in [1.807, 2.05) is 6.08 Å². The summed E-state index contributed by atoms with van der Waals surface area (Å²) in [5.41, 5.74) is 2.37. The quantitative estimate of drug-likeness (QED) is 0.556. The van der Waals surface area contributed by atoms with Gasteiger partial charge in [-0.2, -0.15) is 0 Å². The van der Waals surface area contributed by atoms with E-state index in [0.29, 0.717) is 0 Å². The van der Waals surface area contributed by atoms with Gasteiger partial charge < -0.3 is 5.11 Å². The van der Waals surface area contributed by atoms with Gasteiger partial charge in [-0.15, -0.1) is 0 Å². The Morgan fingerprint density at radius 2 is 2.09 bits per heavy atom. The highest BCUT2D eigenvalue weighted by Crippen LogP contribution is 2.27. The van der Waals surface area contributed by atoms with Crippen LogP contribution in [0.15, 0.2) is 35.5 Å². The summed E-state index contributed by atoms with van der Waals surface area (Å²) < 4.78 is 0. The normalized spacial score (nSPS) is 29.0. The van der Waals surface area contributed by atoms with Crippen molar-refractivity contribution in [2.24, 2.45) is 0 Å². The van der Waals surface area contributed by atoms with Crippen molar-refractivity contribution < 1.29 is 5.11 Å². The average Bonchev–Trinajstić information content (AvgIpc) is 2.06. The second-order valence-corrected chi connectivity index (χ2v) is 3.05. The first-order valence-electron chi connectivity index (χ1n) is 4.13. The largest absolute Gasteiger partial charge is 0.388 e. The van der Waals surface area contributed by atoms with E-state index >= 15 is 0 Å². The van der Waals surface area contributed by atoms with Gasteiger partial charge >= 0.3 is 0 Å². The van der Waals surface area contributed by atoms with Crippen molar-refractivity contribution in [1.82, 2.24) is 0 Å². The van der Waals surface area contributed by atoms with E-state index in [4.69, 9.17) is 0 Å². The Hall–Kier alpha value is -0.820. The molecule has 0 aliphatic heterocycles. The van der Waals surface area contributed by atoms with Gasteiger partial charge in [-0.05, 0) is 30.4 Å². The Balaban J connectivity index is 2.36.